The Hall–Kier alpha value is -1.90. The van der Waals surface area contributed by atoms with Crippen molar-refractivity contribution in [2.24, 2.45) is 0 Å². The van der Waals surface area contributed by atoms with Crippen LogP contribution in [0, 0.1) is 6.92 Å². The summed E-state index contributed by atoms with van der Waals surface area (Å²) in [6, 6.07) is 7.84. The van der Waals surface area contributed by atoms with Crippen molar-refractivity contribution in [1.29, 1.82) is 0 Å². The first kappa shape index (κ1) is 8.69. The Morgan fingerprint density at radius 3 is 3.00 bits per heavy atom. The number of aryl methyl sites for hydroxylation is 1. The Balaban J connectivity index is 2.54. The molecule has 0 saturated heterocycles. The van der Waals surface area contributed by atoms with E-state index in [-0.39, 0.29) is 5.76 Å². The molecule has 1 aromatic carbocycles. The Morgan fingerprint density at radius 2 is 2.29 bits per heavy atom. The van der Waals surface area contributed by atoms with Gasteiger partial charge in [0.25, 0.3) is 0 Å². The van der Waals surface area contributed by atoms with Gasteiger partial charge in [-0.3, -0.25) is 4.79 Å². The predicted octanol–water partition coefficient (Wildman–Crippen LogP) is 2.46. The van der Waals surface area contributed by atoms with Crippen molar-refractivity contribution in [3.63, 3.8) is 0 Å². The van der Waals surface area contributed by atoms with E-state index in [0.717, 1.165) is 16.7 Å². The molecule has 3 heteroatoms. The molecule has 0 unspecified atom stereocenters. The van der Waals surface area contributed by atoms with Gasteiger partial charge in [0, 0.05) is 0 Å². The largest absolute Gasteiger partial charge is 0.353 e. The lowest BCUT2D eigenvalue weighted by Crippen LogP contribution is -1.82. The van der Waals surface area contributed by atoms with Crippen LogP contribution in [0.2, 0.25) is 0 Å². The zero-order chi connectivity index (χ0) is 9.97. The highest BCUT2D eigenvalue weighted by atomic mass is 16.5. The lowest BCUT2D eigenvalue weighted by atomic mass is 10.1. The van der Waals surface area contributed by atoms with E-state index in [4.69, 9.17) is 4.52 Å². The molecule has 0 amide bonds. The van der Waals surface area contributed by atoms with Crippen molar-refractivity contribution in [3.8, 4) is 11.1 Å². The third kappa shape index (κ3) is 1.44. The number of rotatable bonds is 2. The maximum absolute atomic E-state index is 10.6. The first-order chi connectivity index (χ1) is 6.81. The number of aldehydes is 1. The third-order valence-corrected chi connectivity index (χ3v) is 2.03. The smallest absolute Gasteiger partial charge is 0.207 e. The number of benzene rings is 1. The first-order valence-corrected chi connectivity index (χ1v) is 4.28. The van der Waals surface area contributed by atoms with Crippen molar-refractivity contribution in [1.82, 2.24) is 5.16 Å². The summed E-state index contributed by atoms with van der Waals surface area (Å²) in [5, 5.41) is 3.59. The van der Waals surface area contributed by atoms with Gasteiger partial charge >= 0.3 is 0 Å². The quantitative estimate of drug-likeness (QED) is 0.678. The molecule has 0 N–H and O–H groups in total. The fourth-order valence-corrected chi connectivity index (χ4v) is 1.36. The fourth-order valence-electron chi connectivity index (χ4n) is 1.36. The molecule has 0 aliphatic carbocycles. The van der Waals surface area contributed by atoms with Gasteiger partial charge < -0.3 is 4.52 Å². The topological polar surface area (TPSA) is 43.1 Å². The van der Waals surface area contributed by atoms with E-state index in [0.29, 0.717) is 6.29 Å². The number of aromatic nitrogens is 1. The van der Waals surface area contributed by atoms with E-state index in [1.807, 2.05) is 31.2 Å². The molecule has 1 aromatic heterocycles. The van der Waals surface area contributed by atoms with Crippen LogP contribution in [0.5, 0.6) is 0 Å². The molecule has 3 nitrogen and oxygen atoms in total. The minimum absolute atomic E-state index is 0.274. The average Bonchev–Trinajstić information content (AvgIpc) is 2.65. The van der Waals surface area contributed by atoms with E-state index in [2.05, 4.69) is 5.16 Å². The van der Waals surface area contributed by atoms with Crippen LogP contribution in [0.15, 0.2) is 35.0 Å². The van der Waals surface area contributed by atoms with Gasteiger partial charge in [-0.25, -0.2) is 0 Å². The number of hydrogen-bond acceptors (Lipinski definition) is 3. The van der Waals surface area contributed by atoms with Crippen LogP contribution in [0.3, 0.4) is 0 Å². The summed E-state index contributed by atoms with van der Waals surface area (Å²) in [4.78, 5) is 10.6. The summed E-state index contributed by atoms with van der Waals surface area (Å²) in [7, 11) is 0. The Labute approximate surface area is 81.3 Å². The zero-order valence-corrected chi connectivity index (χ0v) is 7.73. The number of hydrogen-bond donors (Lipinski definition) is 0. The highest BCUT2D eigenvalue weighted by Gasteiger charge is 2.08. The second-order valence-electron chi connectivity index (χ2n) is 3.09. The highest BCUT2D eigenvalue weighted by Crippen LogP contribution is 2.22. The average molecular weight is 187 g/mol. The first-order valence-electron chi connectivity index (χ1n) is 4.28. The molecule has 14 heavy (non-hydrogen) atoms. The lowest BCUT2D eigenvalue weighted by molar-refractivity contribution is 0.109. The minimum Gasteiger partial charge on any atom is -0.353 e. The summed E-state index contributed by atoms with van der Waals surface area (Å²) in [5.41, 5.74) is 2.83. The molecular formula is C11H9NO2. The number of nitrogens with zero attached hydrogens (tertiary/aromatic N) is 1. The molecule has 2 rings (SSSR count). The van der Waals surface area contributed by atoms with Crippen molar-refractivity contribution in [2.75, 3.05) is 0 Å². The van der Waals surface area contributed by atoms with Gasteiger partial charge in [-0.15, -0.1) is 0 Å². The molecule has 0 saturated carbocycles. The summed E-state index contributed by atoms with van der Waals surface area (Å²) in [5.74, 6) is 0.274. The predicted molar refractivity (Wildman–Crippen MR) is 52.1 cm³/mol. The minimum atomic E-state index is 0.274. The Kier molecular flexibility index (Phi) is 2.14. The zero-order valence-electron chi connectivity index (χ0n) is 7.73. The summed E-state index contributed by atoms with van der Waals surface area (Å²) >= 11 is 0. The van der Waals surface area contributed by atoms with Gasteiger partial charge in [0.2, 0.25) is 5.76 Å². The fraction of sp³-hybridized carbons (Fsp3) is 0.0909. The normalized spacial score (nSPS) is 10.1. The maximum atomic E-state index is 10.6. The van der Waals surface area contributed by atoms with Crippen LogP contribution in [0.25, 0.3) is 11.1 Å². The van der Waals surface area contributed by atoms with Gasteiger partial charge in [0.05, 0.1) is 11.8 Å². The van der Waals surface area contributed by atoms with Crippen molar-refractivity contribution in [3.05, 3.63) is 41.8 Å². The Morgan fingerprint density at radius 1 is 1.43 bits per heavy atom. The third-order valence-electron chi connectivity index (χ3n) is 2.03. The number of carbonyl (C=O) groups is 1. The van der Waals surface area contributed by atoms with Crippen LogP contribution in [-0.4, -0.2) is 11.4 Å². The van der Waals surface area contributed by atoms with Crippen molar-refractivity contribution < 1.29 is 9.32 Å². The van der Waals surface area contributed by atoms with Crippen LogP contribution < -0.4 is 0 Å². The van der Waals surface area contributed by atoms with Crippen LogP contribution in [-0.2, 0) is 0 Å². The number of carbonyl (C=O) groups excluding carboxylic acids is 1. The van der Waals surface area contributed by atoms with E-state index < -0.39 is 0 Å². The summed E-state index contributed by atoms with van der Waals surface area (Å²) < 4.78 is 4.79. The van der Waals surface area contributed by atoms with Gasteiger partial charge in [-0.2, -0.15) is 0 Å². The molecule has 0 fully saturated rings. The van der Waals surface area contributed by atoms with Crippen molar-refractivity contribution in [2.45, 2.75) is 6.92 Å². The second kappa shape index (κ2) is 3.46. The van der Waals surface area contributed by atoms with Gasteiger partial charge in [-0.1, -0.05) is 35.0 Å². The Bertz CT molecular complexity index is 460. The summed E-state index contributed by atoms with van der Waals surface area (Å²) in [6.45, 7) is 2.00. The lowest BCUT2D eigenvalue weighted by Gasteiger charge is -1.98. The van der Waals surface area contributed by atoms with E-state index >= 15 is 0 Å². The highest BCUT2D eigenvalue weighted by molar-refractivity contribution is 5.83. The molecule has 70 valence electrons. The molecule has 0 aliphatic rings. The van der Waals surface area contributed by atoms with Gasteiger partial charge in [-0.05, 0) is 12.5 Å². The molecule has 0 atom stereocenters. The van der Waals surface area contributed by atoms with E-state index in [9.17, 15) is 4.79 Å². The molecule has 1 heterocycles. The molecular weight excluding hydrogens is 178 g/mol. The monoisotopic (exact) mass is 187 g/mol. The molecule has 0 aliphatic heterocycles. The van der Waals surface area contributed by atoms with Crippen LogP contribution in [0.1, 0.15) is 16.1 Å². The van der Waals surface area contributed by atoms with E-state index in [1.165, 1.54) is 0 Å². The SMILES string of the molecule is Cc1cccc(-c2cnoc2C=O)c1. The standard InChI is InChI=1S/C11H9NO2/c1-8-3-2-4-9(5-8)10-6-12-14-11(10)7-13/h2-7H,1H3. The molecule has 0 bridgehead atoms. The molecule has 2 aromatic rings. The molecule has 0 radical (unpaired) electrons. The van der Waals surface area contributed by atoms with Crippen molar-refractivity contribution >= 4 is 6.29 Å². The second-order valence-corrected chi connectivity index (χ2v) is 3.09. The van der Waals surface area contributed by atoms with E-state index in [1.54, 1.807) is 6.20 Å². The summed E-state index contributed by atoms with van der Waals surface area (Å²) in [6.07, 6.45) is 2.23. The molecule has 0 spiro atoms. The van der Waals surface area contributed by atoms with Crippen LogP contribution >= 0.6 is 0 Å². The maximum Gasteiger partial charge on any atom is 0.207 e. The van der Waals surface area contributed by atoms with Gasteiger partial charge in [0.15, 0.2) is 6.29 Å². The van der Waals surface area contributed by atoms with Gasteiger partial charge in [0.1, 0.15) is 0 Å². The van der Waals surface area contributed by atoms with Crippen LogP contribution in [0.4, 0.5) is 0 Å².